The van der Waals surface area contributed by atoms with Crippen molar-refractivity contribution in [2.75, 3.05) is 17.8 Å². The molecule has 0 fully saturated rings. The minimum atomic E-state index is -0.00856. The van der Waals surface area contributed by atoms with E-state index < -0.39 is 0 Å². The number of amides is 1. The highest BCUT2D eigenvalue weighted by atomic mass is 32.2. The third-order valence-corrected chi connectivity index (χ3v) is 8.06. The Morgan fingerprint density at radius 2 is 1.46 bits per heavy atom. The van der Waals surface area contributed by atoms with E-state index in [-0.39, 0.29) is 5.91 Å². The number of anilines is 1. The van der Waals surface area contributed by atoms with Crippen molar-refractivity contribution < 1.29 is 9.53 Å². The molecule has 0 radical (unpaired) electrons. The molecule has 1 heterocycles. The summed E-state index contributed by atoms with van der Waals surface area (Å²) in [7, 11) is 0. The molecule has 1 amide bonds. The van der Waals surface area contributed by atoms with Gasteiger partial charge in [-0.3, -0.25) is 4.79 Å². The summed E-state index contributed by atoms with van der Waals surface area (Å²) in [6.07, 6.45) is 21.5. The first-order valence-electron chi connectivity index (χ1n) is 15.4. The molecule has 39 heavy (non-hydrogen) atoms. The smallest absolute Gasteiger partial charge is 0.228 e. The van der Waals surface area contributed by atoms with E-state index in [4.69, 9.17) is 4.74 Å². The molecule has 0 unspecified atom stereocenters. The maximum absolute atomic E-state index is 12.6. The molecule has 1 N–H and O–H groups in total. The first-order valence-corrected chi connectivity index (χ1v) is 16.4. The van der Waals surface area contributed by atoms with Crippen LogP contribution in [0.3, 0.4) is 0 Å². The Morgan fingerprint density at radius 3 is 2.08 bits per heavy atom. The van der Waals surface area contributed by atoms with Crippen molar-refractivity contribution in [1.29, 1.82) is 0 Å². The molecule has 0 bridgehead atoms. The highest BCUT2D eigenvalue weighted by Crippen LogP contribution is 2.20. The van der Waals surface area contributed by atoms with Crippen LogP contribution in [0.15, 0.2) is 60.1 Å². The van der Waals surface area contributed by atoms with Crippen molar-refractivity contribution in [2.24, 2.45) is 0 Å². The average molecular weight is 551 g/mol. The molecule has 2 aromatic rings. The van der Waals surface area contributed by atoms with Crippen LogP contribution in [0, 0.1) is 0 Å². The molecule has 4 nitrogen and oxygen atoms in total. The quantitative estimate of drug-likeness (QED) is 0.157. The van der Waals surface area contributed by atoms with Crippen LogP contribution in [0.1, 0.15) is 108 Å². The van der Waals surface area contributed by atoms with Gasteiger partial charge in [-0.1, -0.05) is 115 Å². The Hall–Kier alpha value is -2.40. The summed E-state index contributed by atoms with van der Waals surface area (Å²) in [6, 6.07) is 16.1. The van der Waals surface area contributed by atoms with Crippen molar-refractivity contribution in [1.82, 2.24) is 4.90 Å². The van der Waals surface area contributed by atoms with Crippen LogP contribution in [0.5, 0.6) is 5.75 Å². The van der Waals surface area contributed by atoms with Gasteiger partial charge in [0.25, 0.3) is 0 Å². The highest BCUT2D eigenvalue weighted by Gasteiger charge is 2.08. The molecule has 0 aliphatic carbocycles. The molecular weight excluding hydrogens is 500 g/mol. The third kappa shape index (κ3) is 14.0. The second-order valence-corrected chi connectivity index (χ2v) is 11.7. The predicted molar refractivity (Wildman–Crippen MR) is 168 cm³/mol. The second-order valence-electron chi connectivity index (χ2n) is 10.8. The van der Waals surface area contributed by atoms with Gasteiger partial charge in [0.1, 0.15) is 5.75 Å². The van der Waals surface area contributed by atoms with Gasteiger partial charge in [0.15, 0.2) is 0 Å². The van der Waals surface area contributed by atoms with Crippen molar-refractivity contribution in [3.63, 3.8) is 0 Å². The standard InChI is InChI=1S/C34H50N2O2S/c1-2-3-4-5-6-7-8-9-10-11-12-13-14-15-24-38-33-18-16-17-31(26-33)27-34(37)35-32-21-19-30(20-22-32)28-36-23-25-39-29-36/h16-23,25-26H,2-15,24,27-29H2,1H3,(H,35,37). The molecular formula is C34H50N2O2S. The van der Waals surface area contributed by atoms with Gasteiger partial charge >= 0.3 is 0 Å². The van der Waals surface area contributed by atoms with Gasteiger partial charge in [-0.15, -0.1) is 11.8 Å². The van der Waals surface area contributed by atoms with Crippen molar-refractivity contribution in [3.05, 3.63) is 71.3 Å². The minimum Gasteiger partial charge on any atom is -0.494 e. The number of unbranched alkanes of at least 4 members (excludes halogenated alkanes) is 13. The molecule has 0 saturated carbocycles. The number of hydrogen-bond donors (Lipinski definition) is 1. The number of benzene rings is 2. The summed E-state index contributed by atoms with van der Waals surface area (Å²) in [4.78, 5) is 14.9. The van der Waals surface area contributed by atoms with Crippen molar-refractivity contribution in [3.8, 4) is 5.75 Å². The fourth-order valence-corrected chi connectivity index (χ4v) is 5.67. The Kier molecular flexibility index (Phi) is 15.7. The van der Waals surface area contributed by atoms with E-state index in [0.29, 0.717) is 6.42 Å². The molecule has 0 aromatic heterocycles. The number of ether oxygens (including phenoxy) is 1. The van der Waals surface area contributed by atoms with E-state index in [0.717, 1.165) is 42.4 Å². The second kappa shape index (κ2) is 19.6. The summed E-state index contributed by atoms with van der Waals surface area (Å²) >= 11 is 1.81. The lowest BCUT2D eigenvalue weighted by molar-refractivity contribution is -0.115. The maximum atomic E-state index is 12.6. The van der Waals surface area contributed by atoms with E-state index >= 15 is 0 Å². The Balaban J connectivity index is 1.21. The average Bonchev–Trinajstić information content (AvgIpc) is 3.45. The van der Waals surface area contributed by atoms with Gasteiger partial charge < -0.3 is 15.0 Å². The number of hydrogen-bond acceptors (Lipinski definition) is 4. The summed E-state index contributed by atoms with van der Waals surface area (Å²) in [5, 5.41) is 5.14. The van der Waals surface area contributed by atoms with Gasteiger partial charge in [0.2, 0.25) is 5.91 Å². The van der Waals surface area contributed by atoms with Gasteiger partial charge in [-0.25, -0.2) is 0 Å². The normalized spacial score (nSPS) is 12.7. The van der Waals surface area contributed by atoms with Crippen LogP contribution in [0.4, 0.5) is 5.69 Å². The van der Waals surface area contributed by atoms with Gasteiger partial charge in [0.05, 0.1) is 18.9 Å². The largest absolute Gasteiger partial charge is 0.494 e. The molecule has 0 atom stereocenters. The Morgan fingerprint density at radius 1 is 0.821 bits per heavy atom. The molecule has 5 heteroatoms. The van der Waals surface area contributed by atoms with E-state index in [2.05, 4.69) is 40.9 Å². The zero-order chi connectivity index (χ0) is 27.4. The number of rotatable bonds is 21. The number of thioether (sulfide) groups is 1. The Bertz CT molecular complexity index is 960. The zero-order valence-corrected chi connectivity index (χ0v) is 25.0. The van der Waals surface area contributed by atoms with Crippen molar-refractivity contribution >= 4 is 23.4 Å². The predicted octanol–water partition coefficient (Wildman–Crippen LogP) is 9.71. The van der Waals surface area contributed by atoms with Crippen LogP contribution < -0.4 is 10.1 Å². The van der Waals surface area contributed by atoms with E-state index in [1.807, 2.05) is 36.4 Å². The molecule has 0 spiro atoms. The van der Waals surface area contributed by atoms with Crippen LogP contribution in [0.25, 0.3) is 0 Å². The van der Waals surface area contributed by atoms with E-state index in [9.17, 15) is 4.79 Å². The molecule has 3 rings (SSSR count). The molecule has 1 aliphatic rings. The zero-order valence-electron chi connectivity index (χ0n) is 24.2. The maximum Gasteiger partial charge on any atom is 0.228 e. The molecule has 1 aliphatic heterocycles. The first-order chi connectivity index (χ1) is 19.2. The molecule has 2 aromatic carbocycles. The molecule has 214 valence electrons. The fraction of sp³-hybridized carbons (Fsp3) is 0.559. The fourth-order valence-electron chi connectivity index (χ4n) is 4.96. The lowest BCUT2D eigenvalue weighted by Crippen LogP contribution is -2.15. The van der Waals surface area contributed by atoms with Crippen LogP contribution in [-0.2, 0) is 17.8 Å². The highest BCUT2D eigenvalue weighted by molar-refractivity contribution is 8.02. The van der Waals surface area contributed by atoms with Gasteiger partial charge in [-0.2, -0.15) is 0 Å². The van der Waals surface area contributed by atoms with E-state index in [1.165, 1.54) is 89.0 Å². The van der Waals surface area contributed by atoms with Crippen LogP contribution in [-0.4, -0.2) is 23.3 Å². The lowest BCUT2D eigenvalue weighted by atomic mass is 10.0. The van der Waals surface area contributed by atoms with E-state index in [1.54, 1.807) is 11.8 Å². The minimum absolute atomic E-state index is 0.00856. The van der Waals surface area contributed by atoms with Crippen molar-refractivity contribution in [2.45, 2.75) is 110 Å². The molecule has 0 saturated heterocycles. The van der Waals surface area contributed by atoms with Crippen LogP contribution in [0.2, 0.25) is 0 Å². The number of carbonyl (C=O) groups excluding carboxylic acids is 1. The summed E-state index contributed by atoms with van der Waals surface area (Å²) in [6.45, 7) is 3.92. The van der Waals surface area contributed by atoms with Gasteiger partial charge in [0, 0.05) is 18.4 Å². The van der Waals surface area contributed by atoms with Crippen LogP contribution >= 0.6 is 11.8 Å². The number of nitrogens with zero attached hydrogens (tertiary/aromatic N) is 1. The summed E-state index contributed by atoms with van der Waals surface area (Å²) in [5.74, 6) is 1.85. The number of carbonyl (C=O) groups is 1. The first kappa shape index (κ1) is 31.1. The SMILES string of the molecule is CCCCCCCCCCCCCCCCOc1cccc(CC(=O)Nc2ccc(CN3C=CSC3)cc2)c1. The number of nitrogens with one attached hydrogen (secondary N) is 1. The summed E-state index contributed by atoms with van der Waals surface area (Å²) < 4.78 is 5.98. The monoisotopic (exact) mass is 550 g/mol. The lowest BCUT2D eigenvalue weighted by Gasteiger charge is -2.14. The topological polar surface area (TPSA) is 41.6 Å². The summed E-state index contributed by atoms with van der Waals surface area (Å²) in [5.41, 5.74) is 3.05. The third-order valence-electron chi connectivity index (χ3n) is 7.26. The Labute approximate surface area is 242 Å². The van der Waals surface area contributed by atoms with Gasteiger partial charge in [-0.05, 0) is 47.2 Å².